The Labute approximate surface area is 169 Å². The van der Waals surface area contributed by atoms with Crippen molar-refractivity contribution in [2.24, 2.45) is 0 Å². The molecular formula is C17H13ClFN3O4S2. The zero-order valence-electron chi connectivity index (χ0n) is 14.1. The predicted molar refractivity (Wildman–Crippen MR) is 105 cm³/mol. The molecule has 1 heterocycles. The van der Waals surface area contributed by atoms with Crippen molar-refractivity contribution in [2.45, 2.75) is 4.90 Å². The van der Waals surface area contributed by atoms with E-state index in [0.717, 1.165) is 17.4 Å². The Morgan fingerprint density at radius 3 is 2.61 bits per heavy atom. The molecule has 28 heavy (non-hydrogen) atoms. The second kappa shape index (κ2) is 8.55. The van der Waals surface area contributed by atoms with Crippen molar-refractivity contribution in [3.05, 3.63) is 64.9 Å². The molecule has 0 unspecified atom stereocenters. The summed E-state index contributed by atoms with van der Waals surface area (Å²) in [5.74, 6) is -1.32. The largest absolute Gasteiger partial charge is 0.481 e. The molecule has 0 fully saturated rings. The first-order valence-corrected chi connectivity index (χ1v) is 10.5. The van der Waals surface area contributed by atoms with Gasteiger partial charge >= 0.3 is 0 Å². The van der Waals surface area contributed by atoms with Gasteiger partial charge in [-0.05, 0) is 42.5 Å². The van der Waals surface area contributed by atoms with Gasteiger partial charge in [-0.3, -0.25) is 9.52 Å². The highest BCUT2D eigenvalue weighted by atomic mass is 35.5. The van der Waals surface area contributed by atoms with Gasteiger partial charge in [0, 0.05) is 22.3 Å². The molecule has 0 bridgehead atoms. The van der Waals surface area contributed by atoms with E-state index in [0.29, 0.717) is 5.69 Å². The fourth-order valence-corrected chi connectivity index (χ4v) is 4.05. The fraction of sp³-hybridized carbons (Fsp3) is 0.0588. The van der Waals surface area contributed by atoms with Crippen LogP contribution in [0.25, 0.3) is 0 Å². The molecule has 11 heteroatoms. The Morgan fingerprint density at radius 2 is 1.96 bits per heavy atom. The molecule has 0 aliphatic heterocycles. The molecule has 3 aromatic rings. The van der Waals surface area contributed by atoms with Gasteiger partial charge in [-0.2, -0.15) is 0 Å². The zero-order valence-corrected chi connectivity index (χ0v) is 16.4. The molecule has 0 aliphatic carbocycles. The van der Waals surface area contributed by atoms with Crippen LogP contribution in [0.2, 0.25) is 5.02 Å². The molecular weight excluding hydrogens is 429 g/mol. The smallest absolute Gasteiger partial charge is 0.263 e. The highest BCUT2D eigenvalue weighted by Crippen LogP contribution is 2.22. The summed E-state index contributed by atoms with van der Waals surface area (Å²) in [6.45, 7) is -0.426. The normalized spacial score (nSPS) is 11.1. The second-order valence-corrected chi connectivity index (χ2v) is 8.39. The van der Waals surface area contributed by atoms with E-state index >= 15 is 0 Å². The summed E-state index contributed by atoms with van der Waals surface area (Å²) in [6.07, 6.45) is 1.49. The van der Waals surface area contributed by atoms with Crippen LogP contribution in [0.4, 0.5) is 15.2 Å². The van der Waals surface area contributed by atoms with E-state index in [2.05, 4.69) is 15.0 Å². The van der Waals surface area contributed by atoms with Crippen LogP contribution in [-0.4, -0.2) is 25.9 Å². The van der Waals surface area contributed by atoms with E-state index in [4.69, 9.17) is 16.3 Å². The number of anilines is 2. The topological polar surface area (TPSA) is 97.4 Å². The number of hydrogen-bond donors (Lipinski definition) is 2. The number of carbonyl (C=O) groups excluding carboxylic acids is 1. The Balaban J connectivity index is 1.58. The zero-order chi connectivity index (χ0) is 20.1. The van der Waals surface area contributed by atoms with Crippen LogP contribution in [0.5, 0.6) is 5.75 Å². The maximum Gasteiger partial charge on any atom is 0.263 e. The third kappa shape index (κ3) is 5.18. The minimum absolute atomic E-state index is 0.0141. The van der Waals surface area contributed by atoms with Crippen molar-refractivity contribution in [2.75, 3.05) is 16.6 Å². The number of halogens is 2. The van der Waals surface area contributed by atoms with Gasteiger partial charge in [0.05, 0.1) is 4.90 Å². The fourth-order valence-electron chi connectivity index (χ4n) is 2.10. The van der Waals surface area contributed by atoms with Gasteiger partial charge in [-0.15, -0.1) is 11.3 Å². The van der Waals surface area contributed by atoms with Crippen molar-refractivity contribution in [3.8, 4) is 5.75 Å². The molecule has 0 spiro atoms. The SMILES string of the molecule is O=C(COc1ccc(Cl)cc1F)Nc1ccc(S(=O)(=O)Nc2nccs2)cc1. The third-order valence-corrected chi connectivity index (χ3v) is 5.76. The number of benzene rings is 2. The monoisotopic (exact) mass is 441 g/mol. The Bertz CT molecular complexity index is 1070. The van der Waals surface area contributed by atoms with E-state index in [9.17, 15) is 17.6 Å². The van der Waals surface area contributed by atoms with Gasteiger partial charge in [-0.25, -0.2) is 17.8 Å². The second-order valence-electron chi connectivity index (χ2n) is 5.38. The average molecular weight is 442 g/mol. The van der Waals surface area contributed by atoms with Crippen LogP contribution < -0.4 is 14.8 Å². The summed E-state index contributed by atoms with van der Waals surface area (Å²) in [6, 6.07) is 9.37. The Morgan fingerprint density at radius 1 is 1.21 bits per heavy atom. The van der Waals surface area contributed by atoms with Gasteiger partial charge in [0.15, 0.2) is 23.3 Å². The summed E-state index contributed by atoms with van der Waals surface area (Å²) >= 11 is 6.80. The lowest BCUT2D eigenvalue weighted by Crippen LogP contribution is -2.20. The van der Waals surface area contributed by atoms with E-state index in [1.807, 2.05) is 0 Å². The van der Waals surface area contributed by atoms with E-state index < -0.39 is 28.4 Å². The molecule has 146 valence electrons. The van der Waals surface area contributed by atoms with Crippen molar-refractivity contribution < 1.29 is 22.3 Å². The number of carbonyl (C=O) groups is 1. The number of thiazole rings is 1. The summed E-state index contributed by atoms with van der Waals surface area (Å²) in [5.41, 5.74) is 0.360. The number of amides is 1. The summed E-state index contributed by atoms with van der Waals surface area (Å²) in [7, 11) is -3.77. The van der Waals surface area contributed by atoms with Crippen molar-refractivity contribution >= 4 is 49.7 Å². The minimum Gasteiger partial charge on any atom is -0.481 e. The van der Waals surface area contributed by atoms with Crippen LogP contribution in [0, 0.1) is 5.82 Å². The number of sulfonamides is 1. The van der Waals surface area contributed by atoms with Crippen LogP contribution in [0.15, 0.2) is 58.9 Å². The molecule has 1 amide bonds. The van der Waals surface area contributed by atoms with Crippen molar-refractivity contribution in [1.82, 2.24) is 4.98 Å². The van der Waals surface area contributed by atoms with E-state index in [1.165, 1.54) is 42.6 Å². The Hall–Kier alpha value is -2.69. The molecule has 1 aromatic heterocycles. The number of nitrogens with zero attached hydrogens (tertiary/aromatic N) is 1. The highest BCUT2D eigenvalue weighted by molar-refractivity contribution is 7.93. The first kappa shape index (κ1) is 20.1. The molecule has 2 N–H and O–H groups in total. The predicted octanol–water partition coefficient (Wildman–Crippen LogP) is 3.75. The molecule has 0 atom stereocenters. The first-order valence-electron chi connectivity index (χ1n) is 7.73. The van der Waals surface area contributed by atoms with Gasteiger partial charge in [0.1, 0.15) is 0 Å². The van der Waals surface area contributed by atoms with Gasteiger partial charge < -0.3 is 10.1 Å². The van der Waals surface area contributed by atoms with Crippen molar-refractivity contribution in [1.29, 1.82) is 0 Å². The van der Waals surface area contributed by atoms with E-state index in [-0.39, 0.29) is 20.8 Å². The van der Waals surface area contributed by atoms with E-state index in [1.54, 1.807) is 5.38 Å². The van der Waals surface area contributed by atoms with Gasteiger partial charge in [-0.1, -0.05) is 11.6 Å². The standard InChI is InChI=1S/C17H13ClFN3O4S2/c18-11-1-6-15(14(19)9-11)26-10-16(23)21-12-2-4-13(5-3-12)28(24,25)22-17-20-7-8-27-17/h1-9H,10H2,(H,20,22)(H,21,23). The lowest BCUT2D eigenvalue weighted by atomic mass is 10.3. The van der Waals surface area contributed by atoms with Gasteiger partial charge in [0.2, 0.25) is 0 Å². The molecule has 7 nitrogen and oxygen atoms in total. The molecule has 3 rings (SSSR count). The number of hydrogen-bond acceptors (Lipinski definition) is 6. The third-order valence-electron chi connectivity index (χ3n) is 3.36. The van der Waals surface area contributed by atoms with Crippen LogP contribution in [-0.2, 0) is 14.8 Å². The quantitative estimate of drug-likeness (QED) is 0.582. The molecule has 0 saturated heterocycles. The first-order chi connectivity index (χ1) is 13.3. The molecule has 0 aliphatic rings. The summed E-state index contributed by atoms with van der Waals surface area (Å²) < 4.78 is 45.6. The lowest BCUT2D eigenvalue weighted by molar-refractivity contribution is -0.118. The number of ether oxygens (including phenoxy) is 1. The van der Waals surface area contributed by atoms with Crippen LogP contribution >= 0.6 is 22.9 Å². The summed E-state index contributed by atoms with van der Waals surface area (Å²) in [4.78, 5) is 15.8. The molecule has 0 radical (unpaired) electrons. The average Bonchev–Trinajstić information content (AvgIpc) is 3.14. The van der Waals surface area contributed by atoms with Crippen molar-refractivity contribution in [3.63, 3.8) is 0 Å². The number of aromatic nitrogens is 1. The van der Waals surface area contributed by atoms with Crippen LogP contribution in [0.1, 0.15) is 0 Å². The number of rotatable bonds is 7. The van der Waals surface area contributed by atoms with Gasteiger partial charge in [0.25, 0.3) is 15.9 Å². The maximum absolute atomic E-state index is 13.6. The summed E-state index contributed by atoms with van der Waals surface area (Å²) in [5, 5.41) is 4.65. The Kier molecular flexibility index (Phi) is 6.12. The number of nitrogens with one attached hydrogen (secondary N) is 2. The maximum atomic E-state index is 13.6. The molecule has 0 saturated carbocycles. The van der Waals surface area contributed by atoms with Crippen LogP contribution in [0.3, 0.4) is 0 Å². The minimum atomic E-state index is -3.77. The highest BCUT2D eigenvalue weighted by Gasteiger charge is 2.15. The molecule has 2 aromatic carbocycles. The lowest BCUT2D eigenvalue weighted by Gasteiger charge is -2.09.